The number of anilines is 1. The van der Waals surface area contributed by atoms with Crippen molar-refractivity contribution in [3.8, 4) is 0 Å². The summed E-state index contributed by atoms with van der Waals surface area (Å²) < 4.78 is 0. The van der Waals surface area contributed by atoms with Crippen LogP contribution >= 0.6 is 0 Å². The van der Waals surface area contributed by atoms with Crippen LogP contribution in [0.1, 0.15) is 39.0 Å². The third kappa shape index (κ3) is 4.08. The van der Waals surface area contributed by atoms with Gasteiger partial charge in [0.1, 0.15) is 11.9 Å². The summed E-state index contributed by atoms with van der Waals surface area (Å²) in [6, 6.07) is -0.268. The van der Waals surface area contributed by atoms with Crippen LogP contribution in [0, 0.1) is 0 Å². The molecule has 2 fully saturated rings. The second-order valence-electron chi connectivity index (χ2n) is 6.72. The maximum absolute atomic E-state index is 13.0. The van der Waals surface area contributed by atoms with Crippen LogP contribution in [0.4, 0.5) is 5.82 Å². The molecule has 0 bridgehead atoms. The predicted molar refractivity (Wildman–Crippen MR) is 95.1 cm³/mol. The molecular weight excluding hydrogens is 318 g/mol. The molecule has 2 aliphatic heterocycles. The van der Waals surface area contributed by atoms with Crippen molar-refractivity contribution < 1.29 is 9.59 Å². The lowest BCUT2D eigenvalue weighted by Crippen LogP contribution is -2.57. The summed E-state index contributed by atoms with van der Waals surface area (Å²) >= 11 is 0. The lowest BCUT2D eigenvalue weighted by atomic mass is 9.99. The first-order chi connectivity index (χ1) is 12.2. The summed E-state index contributed by atoms with van der Waals surface area (Å²) in [5.41, 5.74) is 0. The molecule has 0 aromatic carbocycles. The van der Waals surface area contributed by atoms with Crippen LogP contribution in [-0.4, -0.2) is 70.3 Å². The second kappa shape index (κ2) is 8.27. The maximum Gasteiger partial charge on any atom is 0.245 e. The zero-order valence-electron chi connectivity index (χ0n) is 14.9. The Kier molecular flexibility index (Phi) is 5.83. The minimum absolute atomic E-state index is 0.114. The van der Waals surface area contributed by atoms with E-state index in [9.17, 15) is 9.59 Å². The van der Waals surface area contributed by atoms with Crippen LogP contribution in [0.2, 0.25) is 0 Å². The number of carbonyl (C=O) groups excluding carboxylic acids is 2. The van der Waals surface area contributed by atoms with Crippen LogP contribution in [0.25, 0.3) is 0 Å². The molecule has 1 aromatic rings. The number of piperazine rings is 1. The number of carbonyl (C=O) groups is 2. The molecule has 2 saturated heterocycles. The Hall–Kier alpha value is -2.18. The van der Waals surface area contributed by atoms with Gasteiger partial charge in [-0.15, -0.1) is 0 Å². The standard InChI is InChI=1S/C18H27N5O2/c1-2-5-17(24)23-9-4-3-6-15(23)18(25)22-12-10-21(11-13-22)16-14-19-7-8-20-16/h7-8,14-15H,2-6,9-13H2,1H3/t15-/m0/s1. The Labute approximate surface area is 149 Å². The fourth-order valence-electron chi connectivity index (χ4n) is 3.67. The first kappa shape index (κ1) is 17.6. The number of amides is 2. The molecule has 0 saturated carbocycles. The van der Waals surface area contributed by atoms with Gasteiger partial charge in [-0.2, -0.15) is 0 Å². The lowest BCUT2D eigenvalue weighted by Gasteiger charge is -2.41. The Bertz CT molecular complexity index is 586. The number of likely N-dealkylation sites (tertiary alicyclic amines) is 1. The van der Waals surface area contributed by atoms with E-state index >= 15 is 0 Å². The van der Waals surface area contributed by atoms with E-state index in [4.69, 9.17) is 0 Å². The van der Waals surface area contributed by atoms with Crippen molar-refractivity contribution in [1.29, 1.82) is 0 Å². The van der Waals surface area contributed by atoms with E-state index in [1.807, 2.05) is 16.7 Å². The van der Waals surface area contributed by atoms with E-state index in [0.717, 1.165) is 51.1 Å². The van der Waals surface area contributed by atoms with Crippen LogP contribution in [0.5, 0.6) is 0 Å². The van der Waals surface area contributed by atoms with Crippen LogP contribution < -0.4 is 4.90 Å². The monoisotopic (exact) mass is 345 g/mol. The Morgan fingerprint density at radius 2 is 1.92 bits per heavy atom. The minimum atomic E-state index is -0.268. The zero-order chi connectivity index (χ0) is 17.6. The Balaban J connectivity index is 1.60. The van der Waals surface area contributed by atoms with Gasteiger partial charge in [-0.1, -0.05) is 6.92 Å². The van der Waals surface area contributed by atoms with Gasteiger partial charge in [0.2, 0.25) is 11.8 Å². The number of aromatic nitrogens is 2. The average molecular weight is 345 g/mol. The number of hydrogen-bond acceptors (Lipinski definition) is 5. The van der Waals surface area contributed by atoms with Crippen LogP contribution in [0.3, 0.4) is 0 Å². The molecule has 3 heterocycles. The summed E-state index contributed by atoms with van der Waals surface area (Å²) in [6.45, 7) is 5.56. The fraction of sp³-hybridized carbons (Fsp3) is 0.667. The third-order valence-corrected chi connectivity index (χ3v) is 5.04. The molecule has 0 N–H and O–H groups in total. The van der Waals surface area contributed by atoms with Gasteiger partial charge in [-0.3, -0.25) is 14.6 Å². The SMILES string of the molecule is CCCC(=O)N1CCCC[C@H]1C(=O)N1CCN(c2cnccn2)CC1. The highest BCUT2D eigenvalue weighted by atomic mass is 16.2. The third-order valence-electron chi connectivity index (χ3n) is 5.04. The van der Waals surface area contributed by atoms with Gasteiger partial charge in [-0.05, 0) is 25.7 Å². The molecule has 3 rings (SSSR count). The molecule has 2 amide bonds. The first-order valence-corrected chi connectivity index (χ1v) is 9.30. The molecule has 136 valence electrons. The van der Waals surface area contributed by atoms with E-state index < -0.39 is 0 Å². The van der Waals surface area contributed by atoms with Gasteiger partial charge in [-0.25, -0.2) is 4.98 Å². The number of hydrogen-bond donors (Lipinski definition) is 0. The quantitative estimate of drug-likeness (QED) is 0.823. The highest BCUT2D eigenvalue weighted by Crippen LogP contribution is 2.21. The van der Waals surface area contributed by atoms with Crippen molar-refractivity contribution in [1.82, 2.24) is 19.8 Å². The number of nitrogens with zero attached hydrogens (tertiary/aromatic N) is 5. The van der Waals surface area contributed by atoms with E-state index in [-0.39, 0.29) is 17.9 Å². The normalized spacial score (nSPS) is 21.3. The first-order valence-electron chi connectivity index (χ1n) is 9.30. The Morgan fingerprint density at radius 1 is 1.12 bits per heavy atom. The summed E-state index contributed by atoms with van der Waals surface area (Å²) in [6.07, 6.45) is 9.27. The number of rotatable bonds is 4. The largest absolute Gasteiger partial charge is 0.352 e. The fourth-order valence-corrected chi connectivity index (χ4v) is 3.67. The highest BCUT2D eigenvalue weighted by molar-refractivity contribution is 5.88. The van der Waals surface area contributed by atoms with Crippen LogP contribution in [-0.2, 0) is 9.59 Å². The molecule has 0 spiro atoms. The van der Waals surface area contributed by atoms with E-state index in [1.165, 1.54) is 0 Å². The topological polar surface area (TPSA) is 69.6 Å². The summed E-state index contributed by atoms with van der Waals surface area (Å²) in [7, 11) is 0. The molecule has 1 aromatic heterocycles. The van der Waals surface area contributed by atoms with Gasteiger partial charge in [0.25, 0.3) is 0 Å². The molecule has 0 radical (unpaired) electrons. The van der Waals surface area contributed by atoms with Gasteiger partial charge in [0, 0.05) is 51.5 Å². The molecule has 0 unspecified atom stereocenters. The van der Waals surface area contributed by atoms with Crippen molar-refractivity contribution in [3.63, 3.8) is 0 Å². The van der Waals surface area contributed by atoms with E-state index in [1.54, 1.807) is 18.6 Å². The molecule has 7 nitrogen and oxygen atoms in total. The highest BCUT2D eigenvalue weighted by Gasteiger charge is 2.35. The van der Waals surface area contributed by atoms with Gasteiger partial charge < -0.3 is 14.7 Å². The van der Waals surface area contributed by atoms with Crippen molar-refractivity contribution >= 4 is 17.6 Å². The van der Waals surface area contributed by atoms with Crippen molar-refractivity contribution in [2.45, 2.75) is 45.1 Å². The molecule has 1 atom stereocenters. The maximum atomic E-state index is 13.0. The second-order valence-corrected chi connectivity index (χ2v) is 6.72. The predicted octanol–water partition coefficient (Wildman–Crippen LogP) is 1.31. The minimum Gasteiger partial charge on any atom is -0.352 e. The van der Waals surface area contributed by atoms with Crippen molar-refractivity contribution in [3.05, 3.63) is 18.6 Å². The van der Waals surface area contributed by atoms with E-state index in [2.05, 4.69) is 14.9 Å². The summed E-state index contributed by atoms with van der Waals surface area (Å²) in [4.78, 5) is 39.7. The number of piperidine rings is 1. The summed E-state index contributed by atoms with van der Waals surface area (Å²) in [5.74, 6) is 1.09. The zero-order valence-corrected chi connectivity index (χ0v) is 14.9. The molecule has 7 heteroatoms. The van der Waals surface area contributed by atoms with Crippen molar-refractivity contribution in [2.24, 2.45) is 0 Å². The Morgan fingerprint density at radius 3 is 2.60 bits per heavy atom. The van der Waals surface area contributed by atoms with E-state index in [0.29, 0.717) is 19.5 Å². The van der Waals surface area contributed by atoms with Gasteiger partial charge >= 0.3 is 0 Å². The molecule has 25 heavy (non-hydrogen) atoms. The van der Waals surface area contributed by atoms with Crippen LogP contribution in [0.15, 0.2) is 18.6 Å². The summed E-state index contributed by atoms with van der Waals surface area (Å²) in [5, 5.41) is 0. The molecule has 2 aliphatic rings. The van der Waals surface area contributed by atoms with Gasteiger partial charge in [0.15, 0.2) is 0 Å². The smallest absolute Gasteiger partial charge is 0.245 e. The average Bonchev–Trinajstić information content (AvgIpc) is 2.68. The lowest BCUT2D eigenvalue weighted by molar-refractivity contribution is -0.148. The van der Waals surface area contributed by atoms with Crippen molar-refractivity contribution in [2.75, 3.05) is 37.6 Å². The van der Waals surface area contributed by atoms with Gasteiger partial charge in [0.05, 0.1) is 6.20 Å². The molecule has 0 aliphatic carbocycles. The molecular formula is C18H27N5O2.